The van der Waals surface area contributed by atoms with Crippen LogP contribution in [0.15, 0.2) is 53.7 Å². The predicted octanol–water partition coefficient (Wildman–Crippen LogP) is 2.70. The highest BCUT2D eigenvalue weighted by Crippen LogP contribution is 2.25. The second-order valence-electron chi connectivity index (χ2n) is 5.63. The number of tetrazole rings is 1. The number of hydrogen-bond acceptors (Lipinski definition) is 8. The SMILES string of the molecule is COc1ccc(-n2nnnc2S[C@H](C)C(=O)Nc2cccc([N+](=O)[O-])c2)cc1. The molecule has 3 rings (SSSR count). The molecule has 28 heavy (non-hydrogen) atoms. The summed E-state index contributed by atoms with van der Waals surface area (Å²) in [5, 5.41) is 25.0. The van der Waals surface area contributed by atoms with Gasteiger partial charge in [0.25, 0.3) is 5.69 Å². The summed E-state index contributed by atoms with van der Waals surface area (Å²) in [5.41, 5.74) is 0.975. The molecule has 144 valence electrons. The highest BCUT2D eigenvalue weighted by Gasteiger charge is 2.20. The molecule has 0 aliphatic rings. The second kappa shape index (κ2) is 8.48. The minimum Gasteiger partial charge on any atom is -0.497 e. The molecule has 0 saturated carbocycles. The van der Waals surface area contributed by atoms with Gasteiger partial charge in [0.2, 0.25) is 11.1 Å². The van der Waals surface area contributed by atoms with Crippen LogP contribution < -0.4 is 10.1 Å². The molecule has 1 N–H and O–H groups in total. The molecule has 0 spiro atoms. The van der Waals surface area contributed by atoms with E-state index in [-0.39, 0.29) is 11.6 Å². The lowest BCUT2D eigenvalue weighted by Gasteiger charge is -2.12. The van der Waals surface area contributed by atoms with E-state index in [0.29, 0.717) is 16.6 Å². The molecule has 11 heteroatoms. The van der Waals surface area contributed by atoms with Crippen LogP contribution >= 0.6 is 11.8 Å². The molecular weight excluding hydrogens is 384 g/mol. The number of rotatable bonds is 7. The lowest BCUT2D eigenvalue weighted by Crippen LogP contribution is -2.23. The van der Waals surface area contributed by atoms with Crippen molar-refractivity contribution < 1.29 is 14.5 Å². The number of ether oxygens (including phenoxy) is 1. The number of aromatic nitrogens is 4. The largest absolute Gasteiger partial charge is 0.497 e. The normalized spacial score (nSPS) is 11.6. The number of methoxy groups -OCH3 is 1. The van der Waals surface area contributed by atoms with Crippen molar-refractivity contribution in [3.8, 4) is 11.4 Å². The van der Waals surface area contributed by atoms with E-state index in [2.05, 4.69) is 20.8 Å². The fraction of sp³-hybridized carbons (Fsp3) is 0.176. The fourth-order valence-electron chi connectivity index (χ4n) is 2.29. The maximum atomic E-state index is 12.5. The number of carbonyl (C=O) groups excluding carboxylic acids is 1. The number of carbonyl (C=O) groups is 1. The number of nitrogens with one attached hydrogen (secondary N) is 1. The molecule has 0 saturated heterocycles. The van der Waals surface area contributed by atoms with Gasteiger partial charge in [-0.2, -0.15) is 4.68 Å². The number of nitrogens with zero attached hydrogens (tertiary/aromatic N) is 5. The summed E-state index contributed by atoms with van der Waals surface area (Å²) in [7, 11) is 1.58. The van der Waals surface area contributed by atoms with Gasteiger partial charge in [-0.25, -0.2) is 0 Å². The Morgan fingerprint density at radius 3 is 2.71 bits per heavy atom. The van der Waals surface area contributed by atoms with E-state index in [1.807, 2.05) is 0 Å². The van der Waals surface area contributed by atoms with E-state index in [0.717, 1.165) is 5.69 Å². The van der Waals surface area contributed by atoms with Gasteiger partial charge in [0.15, 0.2) is 0 Å². The molecule has 0 aliphatic carbocycles. The molecule has 0 bridgehead atoms. The number of amides is 1. The lowest BCUT2D eigenvalue weighted by molar-refractivity contribution is -0.384. The number of benzene rings is 2. The van der Waals surface area contributed by atoms with E-state index in [1.165, 1.54) is 34.6 Å². The second-order valence-corrected chi connectivity index (χ2v) is 6.94. The Morgan fingerprint density at radius 2 is 2.04 bits per heavy atom. The smallest absolute Gasteiger partial charge is 0.271 e. The van der Waals surface area contributed by atoms with Gasteiger partial charge in [0.05, 0.1) is 23.0 Å². The quantitative estimate of drug-likeness (QED) is 0.364. The molecule has 2 aromatic carbocycles. The first-order valence-electron chi connectivity index (χ1n) is 8.12. The van der Waals surface area contributed by atoms with Gasteiger partial charge in [-0.1, -0.05) is 17.8 Å². The Morgan fingerprint density at radius 1 is 1.29 bits per heavy atom. The first-order valence-corrected chi connectivity index (χ1v) is 9.00. The fourth-order valence-corrected chi connectivity index (χ4v) is 3.10. The Hall–Kier alpha value is -3.47. The van der Waals surface area contributed by atoms with Crippen molar-refractivity contribution in [1.29, 1.82) is 0 Å². The van der Waals surface area contributed by atoms with Crippen molar-refractivity contribution in [3.05, 3.63) is 58.6 Å². The number of hydrogen-bond donors (Lipinski definition) is 1. The average molecular weight is 400 g/mol. The molecule has 1 heterocycles. The third kappa shape index (κ3) is 4.43. The van der Waals surface area contributed by atoms with E-state index in [4.69, 9.17) is 4.74 Å². The van der Waals surface area contributed by atoms with Crippen molar-refractivity contribution in [3.63, 3.8) is 0 Å². The molecule has 10 nitrogen and oxygen atoms in total. The predicted molar refractivity (Wildman–Crippen MR) is 103 cm³/mol. The van der Waals surface area contributed by atoms with Crippen molar-refractivity contribution in [2.75, 3.05) is 12.4 Å². The summed E-state index contributed by atoms with van der Waals surface area (Å²) in [5.74, 6) is 0.380. The van der Waals surface area contributed by atoms with Gasteiger partial charge in [-0.05, 0) is 47.7 Å². The van der Waals surface area contributed by atoms with Crippen LogP contribution in [0.1, 0.15) is 6.92 Å². The Balaban J connectivity index is 1.70. The summed E-state index contributed by atoms with van der Waals surface area (Å²) in [6.07, 6.45) is 0. The third-order valence-electron chi connectivity index (χ3n) is 3.73. The van der Waals surface area contributed by atoms with Gasteiger partial charge < -0.3 is 10.1 Å². The van der Waals surface area contributed by atoms with Crippen LogP contribution in [0.2, 0.25) is 0 Å². The summed E-state index contributed by atoms with van der Waals surface area (Å²) < 4.78 is 6.65. The molecule has 0 radical (unpaired) electrons. The lowest BCUT2D eigenvalue weighted by atomic mass is 10.2. The Kier molecular flexibility index (Phi) is 5.84. The third-order valence-corrected chi connectivity index (χ3v) is 4.77. The van der Waals surface area contributed by atoms with Gasteiger partial charge >= 0.3 is 0 Å². The molecular formula is C17H16N6O4S. The van der Waals surface area contributed by atoms with E-state index in [1.54, 1.807) is 44.4 Å². The van der Waals surface area contributed by atoms with Crippen LogP contribution in [-0.4, -0.2) is 43.4 Å². The maximum absolute atomic E-state index is 12.5. The summed E-state index contributed by atoms with van der Waals surface area (Å²) >= 11 is 1.17. The molecule has 1 amide bonds. The molecule has 1 aromatic heterocycles. The minimum atomic E-state index is -0.540. The zero-order chi connectivity index (χ0) is 20.1. The standard InChI is InChI=1S/C17H16N6O4S/c1-11(16(24)18-12-4-3-5-14(10-12)23(25)26)28-17-19-20-21-22(17)13-6-8-15(27-2)9-7-13/h3-11H,1-2H3,(H,18,24)/t11-/m1/s1. The molecule has 0 aliphatic heterocycles. The van der Waals surface area contributed by atoms with Crippen molar-refractivity contribution in [1.82, 2.24) is 20.2 Å². The van der Waals surface area contributed by atoms with E-state index >= 15 is 0 Å². The van der Waals surface area contributed by atoms with Crippen LogP contribution in [0.4, 0.5) is 11.4 Å². The number of nitro benzene ring substituents is 1. The first kappa shape index (κ1) is 19.3. The van der Waals surface area contributed by atoms with Gasteiger partial charge in [-0.3, -0.25) is 14.9 Å². The summed E-state index contributed by atoms with van der Waals surface area (Å²) in [4.78, 5) is 22.8. The van der Waals surface area contributed by atoms with Crippen molar-refractivity contribution in [2.24, 2.45) is 0 Å². The summed E-state index contributed by atoms with van der Waals surface area (Å²) in [6.45, 7) is 1.70. The molecule has 1 atom stereocenters. The zero-order valence-corrected chi connectivity index (χ0v) is 15.8. The van der Waals surface area contributed by atoms with Crippen LogP contribution in [0.3, 0.4) is 0 Å². The van der Waals surface area contributed by atoms with Crippen LogP contribution in [0.5, 0.6) is 5.75 Å². The van der Waals surface area contributed by atoms with Crippen LogP contribution in [0, 0.1) is 10.1 Å². The number of non-ortho nitro benzene ring substituents is 1. The maximum Gasteiger partial charge on any atom is 0.271 e. The Bertz CT molecular complexity index is 991. The highest BCUT2D eigenvalue weighted by molar-refractivity contribution is 8.00. The molecule has 3 aromatic rings. The monoisotopic (exact) mass is 400 g/mol. The number of nitro groups is 1. The van der Waals surface area contributed by atoms with Gasteiger partial charge in [0.1, 0.15) is 5.75 Å². The van der Waals surface area contributed by atoms with Crippen molar-refractivity contribution in [2.45, 2.75) is 17.3 Å². The zero-order valence-electron chi connectivity index (χ0n) is 15.0. The molecule has 0 fully saturated rings. The topological polar surface area (TPSA) is 125 Å². The minimum absolute atomic E-state index is 0.0958. The number of thioether (sulfide) groups is 1. The first-order chi connectivity index (χ1) is 13.5. The van der Waals surface area contributed by atoms with Crippen LogP contribution in [-0.2, 0) is 4.79 Å². The van der Waals surface area contributed by atoms with Gasteiger partial charge in [-0.15, -0.1) is 5.10 Å². The average Bonchev–Trinajstić information content (AvgIpc) is 3.16. The Labute approximate surface area is 164 Å². The number of anilines is 1. The van der Waals surface area contributed by atoms with Gasteiger partial charge in [0, 0.05) is 17.8 Å². The summed E-state index contributed by atoms with van der Waals surface area (Å²) in [6, 6.07) is 12.9. The van der Waals surface area contributed by atoms with E-state index in [9.17, 15) is 14.9 Å². The van der Waals surface area contributed by atoms with E-state index < -0.39 is 10.2 Å². The van der Waals surface area contributed by atoms with Crippen molar-refractivity contribution >= 4 is 29.0 Å². The van der Waals surface area contributed by atoms with Crippen LogP contribution in [0.25, 0.3) is 5.69 Å². The molecule has 0 unspecified atom stereocenters. The highest BCUT2D eigenvalue weighted by atomic mass is 32.2.